The lowest BCUT2D eigenvalue weighted by Gasteiger charge is -2.39. The van der Waals surface area contributed by atoms with Gasteiger partial charge in [-0.2, -0.15) is 0 Å². The van der Waals surface area contributed by atoms with Crippen LogP contribution in [0.5, 0.6) is 0 Å². The molecular formula is C16H28N2O3. The number of aliphatic carboxylic acids is 1. The highest BCUT2D eigenvalue weighted by molar-refractivity contribution is 5.86. The van der Waals surface area contributed by atoms with Gasteiger partial charge in [0, 0.05) is 12.6 Å². The summed E-state index contributed by atoms with van der Waals surface area (Å²) in [6.07, 6.45) is 5.06. The fourth-order valence-electron chi connectivity index (χ4n) is 3.37. The fourth-order valence-corrected chi connectivity index (χ4v) is 3.37. The normalized spacial score (nSPS) is 29.2. The van der Waals surface area contributed by atoms with Crippen LogP contribution in [0.15, 0.2) is 0 Å². The van der Waals surface area contributed by atoms with Gasteiger partial charge >= 0.3 is 12.0 Å². The minimum atomic E-state index is -1.07. The Kier molecular flexibility index (Phi) is 4.79. The second-order valence-corrected chi connectivity index (χ2v) is 7.30. The van der Waals surface area contributed by atoms with Crippen molar-refractivity contribution >= 4 is 12.0 Å². The molecule has 2 saturated carbocycles. The Morgan fingerprint density at radius 1 is 1.33 bits per heavy atom. The molecule has 0 aliphatic heterocycles. The highest BCUT2D eigenvalue weighted by Gasteiger charge is 2.45. The Balaban J connectivity index is 2.08. The third-order valence-corrected chi connectivity index (χ3v) is 4.56. The zero-order chi connectivity index (χ0) is 15.6. The van der Waals surface area contributed by atoms with Crippen molar-refractivity contribution in [2.24, 2.45) is 11.8 Å². The standard InChI is InChI=1S/C16H28N2O3/c1-11(2)10-18(13-6-7-13)15(21)17-16(14(19)20)8-4-5-12(3)9-16/h11-13H,4-10H2,1-3H3,(H,17,21)(H,19,20). The van der Waals surface area contributed by atoms with Gasteiger partial charge in [0.25, 0.3) is 0 Å². The van der Waals surface area contributed by atoms with Crippen LogP contribution in [0.3, 0.4) is 0 Å². The van der Waals surface area contributed by atoms with Crippen molar-refractivity contribution in [3.63, 3.8) is 0 Å². The number of amides is 2. The maximum Gasteiger partial charge on any atom is 0.329 e. The van der Waals surface area contributed by atoms with Crippen LogP contribution in [0.2, 0.25) is 0 Å². The molecule has 5 heteroatoms. The molecule has 2 atom stereocenters. The van der Waals surface area contributed by atoms with Crippen LogP contribution < -0.4 is 5.32 Å². The molecule has 2 amide bonds. The minimum Gasteiger partial charge on any atom is -0.480 e. The van der Waals surface area contributed by atoms with Crippen molar-refractivity contribution in [1.82, 2.24) is 10.2 Å². The average molecular weight is 296 g/mol. The van der Waals surface area contributed by atoms with E-state index < -0.39 is 11.5 Å². The first kappa shape index (κ1) is 16.1. The lowest BCUT2D eigenvalue weighted by molar-refractivity contribution is -0.146. The van der Waals surface area contributed by atoms with E-state index in [1.54, 1.807) is 0 Å². The van der Waals surface area contributed by atoms with Crippen LogP contribution in [0.25, 0.3) is 0 Å². The van der Waals surface area contributed by atoms with Gasteiger partial charge in [-0.05, 0) is 37.5 Å². The van der Waals surface area contributed by atoms with E-state index in [1.165, 1.54) is 0 Å². The number of carbonyl (C=O) groups excluding carboxylic acids is 1. The molecule has 5 nitrogen and oxygen atoms in total. The van der Waals surface area contributed by atoms with E-state index in [0.29, 0.717) is 37.3 Å². The van der Waals surface area contributed by atoms with Gasteiger partial charge in [0.2, 0.25) is 0 Å². The molecule has 0 heterocycles. The molecule has 2 rings (SSSR count). The third-order valence-electron chi connectivity index (χ3n) is 4.56. The van der Waals surface area contributed by atoms with E-state index in [1.807, 2.05) is 4.90 Å². The summed E-state index contributed by atoms with van der Waals surface area (Å²) in [5, 5.41) is 12.5. The fraction of sp³-hybridized carbons (Fsp3) is 0.875. The number of hydrogen-bond acceptors (Lipinski definition) is 2. The number of hydrogen-bond donors (Lipinski definition) is 2. The summed E-state index contributed by atoms with van der Waals surface area (Å²) >= 11 is 0. The monoisotopic (exact) mass is 296 g/mol. The van der Waals surface area contributed by atoms with Crippen LogP contribution in [-0.4, -0.2) is 40.1 Å². The van der Waals surface area contributed by atoms with Gasteiger partial charge in [0.15, 0.2) is 0 Å². The molecule has 21 heavy (non-hydrogen) atoms. The topological polar surface area (TPSA) is 69.6 Å². The van der Waals surface area contributed by atoms with Crippen molar-refractivity contribution in [2.75, 3.05) is 6.54 Å². The predicted octanol–water partition coefficient (Wildman–Crippen LogP) is 2.85. The van der Waals surface area contributed by atoms with E-state index in [-0.39, 0.29) is 6.03 Å². The molecule has 2 aliphatic rings. The van der Waals surface area contributed by atoms with E-state index in [2.05, 4.69) is 26.1 Å². The number of carboxylic acids is 1. The summed E-state index contributed by atoms with van der Waals surface area (Å²) in [4.78, 5) is 26.2. The van der Waals surface area contributed by atoms with Crippen LogP contribution in [0.4, 0.5) is 4.79 Å². The van der Waals surface area contributed by atoms with Crippen molar-refractivity contribution in [2.45, 2.75) is 70.9 Å². The Labute approximate surface area is 127 Å². The maximum absolute atomic E-state index is 12.6. The molecule has 2 unspecified atom stereocenters. The number of nitrogens with one attached hydrogen (secondary N) is 1. The summed E-state index contributed by atoms with van der Waals surface area (Å²) in [6.45, 7) is 6.92. The molecular weight excluding hydrogens is 268 g/mol. The highest BCUT2D eigenvalue weighted by Crippen LogP contribution is 2.34. The van der Waals surface area contributed by atoms with Crippen LogP contribution in [-0.2, 0) is 4.79 Å². The van der Waals surface area contributed by atoms with Gasteiger partial charge in [-0.3, -0.25) is 0 Å². The Bertz CT molecular complexity index is 406. The van der Waals surface area contributed by atoms with Gasteiger partial charge in [-0.1, -0.05) is 33.6 Å². The van der Waals surface area contributed by atoms with Gasteiger partial charge in [-0.15, -0.1) is 0 Å². The molecule has 2 fully saturated rings. The summed E-state index contributed by atoms with van der Waals surface area (Å²) in [7, 11) is 0. The van der Waals surface area contributed by atoms with Gasteiger partial charge in [0.05, 0.1) is 0 Å². The quantitative estimate of drug-likeness (QED) is 0.819. The van der Waals surface area contributed by atoms with Crippen molar-refractivity contribution in [3.8, 4) is 0 Å². The SMILES string of the molecule is CC(C)CN(C(=O)NC1(C(=O)O)CCCC(C)C1)C1CC1. The second kappa shape index (κ2) is 6.24. The van der Waals surface area contributed by atoms with Crippen LogP contribution in [0.1, 0.15) is 59.3 Å². The van der Waals surface area contributed by atoms with E-state index in [4.69, 9.17) is 0 Å². The maximum atomic E-state index is 12.6. The largest absolute Gasteiger partial charge is 0.480 e. The lowest BCUT2D eigenvalue weighted by Crippen LogP contribution is -2.60. The number of carbonyl (C=O) groups is 2. The molecule has 0 spiro atoms. The van der Waals surface area contributed by atoms with Crippen LogP contribution >= 0.6 is 0 Å². The van der Waals surface area contributed by atoms with Gasteiger partial charge in [0.1, 0.15) is 5.54 Å². The number of urea groups is 1. The molecule has 0 bridgehead atoms. The second-order valence-electron chi connectivity index (χ2n) is 7.30. The lowest BCUT2D eigenvalue weighted by atomic mass is 9.76. The Hall–Kier alpha value is -1.26. The van der Waals surface area contributed by atoms with Crippen LogP contribution in [0, 0.1) is 11.8 Å². The van der Waals surface area contributed by atoms with Gasteiger partial charge in [-0.25, -0.2) is 9.59 Å². The first-order chi connectivity index (χ1) is 9.84. The Morgan fingerprint density at radius 3 is 2.48 bits per heavy atom. The molecule has 120 valence electrons. The smallest absolute Gasteiger partial charge is 0.329 e. The van der Waals surface area contributed by atoms with E-state index in [9.17, 15) is 14.7 Å². The Morgan fingerprint density at radius 2 is 2.00 bits per heavy atom. The molecule has 0 aromatic carbocycles. The van der Waals surface area contributed by atoms with Gasteiger partial charge < -0.3 is 15.3 Å². The molecule has 0 aromatic heterocycles. The van der Waals surface area contributed by atoms with Crippen molar-refractivity contribution in [1.29, 1.82) is 0 Å². The summed E-state index contributed by atoms with van der Waals surface area (Å²) < 4.78 is 0. The third kappa shape index (κ3) is 3.89. The van der Waals surface area contributed by atoms with Crippen molar-refractivity contribution in [3.05, 3.63) is 0 Å². The van der Waals surface area contributed by atoms with Crippen molar-refractivity contribution < 1.29 is 14.7 Å². The predicted molar refractivity (Wildman–Crippen MR) is 81.1 cm³/mol. The summed E-state index contributed by atoms with van der Waals surface area (Å²) in [6, 6.07) is 0.113. The van der Waals surface area contributed by atoms with E-state index in [0.717, 1.165) is 25.7 Å². The highest BCUT2D eigenvalue weighted by atomic mass is 16.4. The summed E-state index contributed by atoms with van der Waals surface area (Å²) in [5.74, 6) is -0.153. The first-order valence-electron chi connectivity index (χ1n) is 8.16. The zero-order valence-corrected chi connectivity index (χ0v) is 13.4. The molecule has 0 radical (unpaired) electrons. The zero-order valence-electron chi connectivity index (χ0n) is 13.4. The average Bonchev–Trinajstić information content (AvgIpc) is 3.19. The number of rotatable bonds is 5. The number of nitrogens with zero attached hydrogens (tertiary/aromatic N) is 1. The summed E-state index contributed by atoms with van der Waals surface area (Å²) in [5.41, 5.74) is -1.07. The molecule has 0 saturated heterocycles. The molecule has 2 aliphatic carbocycles. The molecule has 2 N–H and O–H groups in total. The first-order valence-corrected chi connectivity index (χ1v) is 8.16. The van der Waals surface area contributed by atoms with E-state index >= 15 is 0 Å². The molecule has 0 aromatic rings. The number of carboxylic acid groups (broad SMARTS) is 1. The minimum absolute atomic E-state index is 0.192.